The van der Waals surface area contributed by atoms with Gasteiger partial charge in [0.15, 0.2) is 11.6 Å². The molecule has 0 saturated heterocycles. The summed E-state index contributed by atoms with van der Waals surface area (Å²) in [5, 5.41) is 1.87. The van der Waals surface area contributed by atoms with Gasteiger partial charge in [0, 0.05) is 11.9 Å². The largest absolute Gasteiger partial charge is 0.308 e. The summed E-state index contributed by atoms with van der Waals surface area (Å²) in [4.78, 5) is 14.2. The molecule has 0 N–H and O–H groups in total. The molecule has 0 radical (unpaired) electrons. The Labute approximate surface area is 133 Å². The van der Waals surface area contributed by atoms with E-state index < -0.39 is 17.5 Å². The lowest BCUT2D eigenvalue weighted by Gasteiger charge is -2.23. The van der Waals surface area contributed by atoms with Gasteiger partial charge < -0.3 is 4.90 Å². The van der Waals surface area contributed by atoms with Crippen LogP contribution in [0.3, 0.4) is 0 Å². The van der Waals surface area contributed by atoms with Gasteiger partial charge in [-0.3, -0.25) is 4.79 Å². The molecule has 4 heteroatoms. The van der Waals surface area contributed by atoms with Crippen molar-refractivity contribution in [2.75, 3.05) is 11.4 Å². The number of carbonyl (C=O) groups excluding carboxylic acids is 1. The fraction of sp³-hybridized carbons (Fsp3) is 0.105. The number of halogens is 2. The lowest BCUT2D eigenvalue weighted by atomic mass is 10.1. The van der Waals surface area contributed by atoms with Gasteiger partial charge in [-0.15, -0.1) is 0 Å². The average molecular weight is 311 g/mol. The number of hydrogen-bond donors (Lipinski definition) is 0. The van der Waals surface area contributed by atoms with Gasteiger partial charge in [-0.1, -0.05) is 42.5 Å². The van der Waals surface area contributed by atoms with E-state index in [1.807, 2.05) is 36.4 Å². The molecule has 3 aromatic carbocycles. The highest BCUT2D eigenvalue weighted by Crippen LogP contribution is 2.28. The number of hydrogen-bond acceptors (Lipinski definition) is 1. The van der Waals surface area contributed by atoms with Gasteiger partial charge in [0.1, 0.15) is 0 Å². The molecule has 0 bridgehead atoms. The van der Waals surface area contributed by atoms with Crippen molar-refractivity contribution in [3.05, 3.63) is 77.9 Å². The first-order chi connectivity index (χ1) is 11.1. The molecule has 116 valence electrons. The van der Waals surface area contributed by atoms with E-state index in [9.17, 15) is 13.6 Å². The van der Waals surface area contributed by atoms with Gasteiger partial charge in [0.25, 0.3) is 5.91 Å². The van der Waals surface area contributed by atoms with E-state index in [1.54, 1.807) is 13.0 Å². The zero-order valence-electron chi connectivity index (χ0n) is 12.6. The van der Waals surface area contributed by atoms with Crippen LogP contribution in [0.4, 0.5) is 14.5 Å². The van der Waals surface area contributed by atoms with Crippen LogP contribution in [0.25, 0.3) is 10.8 Å². The van der Waals surface area contributed by atoms with Crippen LogP contribution in [0.15, 0.2) is 60.7 Å². The summed E-state index contributed by atoms with van der Waals surface area (Å²) in [6.45, 7) is 2.15. The van der Waals surface area contributed by atoms with Crippen molar-refractivity contribution in [1.82, 2.24) is 0 Å². The van der Waals surface area contributed by atoms with E-state index >= 15 is 0 Å². The highest BCUT2D eigenvalue weighted by atomic mass is 19.2. The summed E-state index contributed by atoms with van der Waals surface area (Å²) in [5.41, 5.74) is 0.416. The van der Waals surface area contributed by atoms with Crippen molar-refractivity contribution in [3.8, 4) is 0 Å². The van der Waals surface area contributed by atoms with Gasteiger partial charge in [-0.2, -0.15) is 0 Å². The number of benzene rings is 3. The van der Waals surface area contributed by atoms with Crippen LogP contribution in [-0.2, 0) is 0 Å². The first-order valence-electron chi connectivity index (χ1n) is 7.37. The van der Waals surface area contributed by atoms with Crippen molar-refractivity contribution < 1.29 is 13.6 Å². The quantitative estimate of drug-likeness (QED) is 0.681. The summed E-state index contributed by atoms with van der Waals surface area (Å²) in [5.74, 6) is -2.69. The van der Waals surface area contributed by atoms with Crippen LogP contribution in [0.1, 0.15) is 17.3 Å². The van der Waals surface area contributed by atoms with Gasteiger partial charge in [-0.05, 0) is 30.5 Å². The summed E-state index contributed by atoms with van der Waals surface area (Å²) in [7, 11) is 0. The summed E-state index contributed by atoms with van der Waals surface area (Å²) in [6.07, 6.45) is 0. The second kappa shape index (κ2) is 6.16. The van der Waals surface area contributed by atoms with Gasteiger partial charge >= 0.3 is 0 Å². The summed E-state index contributed by atoms with van der Waals surface area (Å²) in [6, 6.07) is 16.9. The Morgan fingerprint density at radius 3 is 2.43 bits per heavy atom. The Hall–Kier alpha value is -2.75. The fourth-order valence-corrected chi connectivity index (χ4v) is 2.68. The van der Waals surface area contributed by atoms with E-state index in [2.05, 4.69) is 0 Å². The first-order valence-corrected chi connectivity index (χ1v) is 7.37. The Morgan fingerprint density at radius 2 is 1.65 bits per heavy atom. The van der Waals surface area contributed by atoms with Crippen LogP contribution >= 0.6 is 0 Å². The molecule has 0 atom stereocenters. The smallest absolute Gasteiger partial charge is 0.261 e. The molecule has 0 aliphatic heterocycles. The van der Waals surface area contributed by atoms with E-state index in [4.69, 9.17) is 0 Å². The van der Waals surface area contributed by atoms with Crippen molar-refractivity contribution in [2.24, 2.45) is 0 Å². The topological polar surface area (TPSA) is 20.3 Å². The molecule has 0 saturated carbocycles. The highest BCUT2D eigenvalue weighted by molar-refractivity contribution is 6.10. The molecule has 0 unspecified atom stereocenters. The standard InChI is InChI=1S/C19H15F2NO/c1-2-22(19(23)15-10-6-11-16(20)18(15)21)17-12-5-8-13-7-3-4-9-14(13)17/h3-12H,2H2,1H3. The SMILES string of the molecule is CCN(C(=O)c1cccc(F)c1F)c1cccc2ccccc12. The number of carbonyl (C=O) groups is 1. The van der Waals surface area contributed by atoms with Crippen LogP contribution in [-0.4, -0.2) is 12.5 Å². The van der Waals surface area contributed by atoms with E-state index in [0.717, 1.165) is 16.8 Å². The lowest BCUT2D eigenvalue weighted by molar-refractivity contribution is 0.0983. The number of rotatable bonds is 3. The molecule has 3 rings (SSSR count). The minimum absolute atomic E-state index is 0.264. The maximum atomic E-state index is 14.0. The highest BCUT2D eigenvalue weighted by Gasteiger charge is 2.22. The summed E-state index contributed by atoms with van der Waals surface area (Å²) < 4.78 is 27.4. The predicted octanol–water partition coefficient (Wildman–Crippen LogP) is 4.78. The third-order valence-corrected chi connectivity index (χ3v) is 3.80. The molecule has 0 aromatic heterocycles. The zero-order chi connectivity index (χ0) is 16.4. The average Bonchev–Trinajstić information content (AvgIpc) is 2.58. The minimum atomic E-state index is -1.11. The van der Waals surface area contributed by atoms with Crippen LogP contribution in [0, 0.1) is 11.6 Å². The normalized spacial score (nSPS) is 10.7. The van der Waals surface area contributed by atoms with E-state index in [0.29, 0.717) is 12.2 Å². The van der Waals surface area contributed by atoms with Crippen molar-refractivity contribution in [2.45, 2.75) is 6.92 Å². The predicted molar refractivity (Wildman–Crippen MR) is 87.7 cm³/mol. The maximum absolute atomic E-state index is 14.0. The Kier molecular flexibility index (Phi) is 4.06. The zero-order valence-corrected chi connectivity index (χ0v) is 12.6. The van der Waals surface area contributed by atoms with Crippen molar-refractivity contribution in [1.29, 1.82) is 0 Å². The third-order valence-electron chi connectivity index (χ3n) is 3.80. The molecule has 0 aliphatic carbocycles. The molecule has 0 spiro atoms. The van der Waals surface area contributed by atoms with E-state index in [-0.39, 0.29) is 5.56 Å². The van der Waals surface area contributed by atoms with Gasteiger partial charge in [-0.25, -0.2) is 8.78 Å². The minimum Gasteiger partial charge on any atom is -0.308 e. The van der Waals surface area contributed by atoms with Gasteiger partial charge in [0.05, 0.1) is 11.3 Å². The fourth-order valence-electron chi connectivity index (χ4n) is 2.68. The number of nitrogens with zero attached hydrogens (tertiary/aromatic N) is 1. The Balaban J connectivity index is 2.12. The van der Waals surface area contributed by atoms with Crippen LogP contribution < -0.4 is 4.90 Å². The first kappa shape index (κ1) is 15.2. The number of fused-ring (bicyclic) bond motifs is 1. The molecule has 0 heterocycles. The molecular formula is C19H15F2NO. The molecular weight excluding hydrogens is 296 g/mol. The molecule has 1 amide bonds. The molecule has 0 aliphatic rings. The lowest BCUT2D eigenvalue weighted by Crippen LogP contribution is -2.31. The third kappa shape index (κ3) is 2.68. The second-order valence-electron chi connectivity index (χ2n) is 5.15. The molecule has 2 nitrogen and oxygen atoms in total. The Morgan fingerprint density at radius 1 is 0.957 bits per heavy atom. The van der Waals surface area contributed by atoms with E-state index in [1.165, 1.54) is 17.0 Å². The maximum Gasteiger partial charge on any atom is 0.261 e. The molecule has 23 heavy (non-hydrogen) atoms. The van der Waals surface area contributed by atoms with Gasteiger partial charge in [0.2, 0.25) is 0 Å². The number of anilines is 1. The monoisotopic (exact) mass is 311 g/mol. The number of amides is 1. The molecule has 0 fully saturated rings. The van der Waals surface area contributed by atoms with Crippen molar-refractivity contribution >= 4 is 22.4 Å². The second-order valence-corrected chi connectivity index (χ2v) is 5.15. The Bertz CT molecular complexity index is 871. The van der Waals surface area contributed by atoms with Crippen LogP contribution in [0.5, 0.6) is 0 Å². The van der Waals surface area contributed by atoms with Crippen LogP contribution in [0.2, 0.25) is 0 Å². The molecule has 3 aromatic rings. The van der Waals surface area contributed by atoms with Crippen molar-refractivity contribution in [3.63, 3.8) is 0 Å². The summed E-state index contributed by atoms with van der Waals surface area (Å²) >= 11 is 0.